The molecule has 26 heavy (non-hydrogen) atoms. The number of methoxy groups -OCH3 is 1. The molecule has 0 aliphatic carbocycles. The zero-order valence-electron chi connectivity index (χ0n) is 15.2. The Balaban J connectivity index is 2.17. The van der Waals surface area contributed by atoms with Gasteiger partial charge < -0.3 is 14.7 Å². The molecule has 2 aromatic rings. The molecule has 0 saturated carbocycles. The number of hydrogen-bond donors (Lipinski definition) is 1. The summed E-state index contributed by atoms with van der Waals surface area (Å²) in [5.41, 5.74) is 1.85. The van der Waals surface area contributed by atoms with Crippen LogP contribution in [-0.4, -0.2) is 35.5 Å². The van der Waals surface area contributed by atoms with Crippen molar-refractivity contribution in [2.24, 2.45) is 5.92 Å². The smallest absolute Gasteiger partial charge is 0.313 e. The standard InChI is InChI=1S/C21H23NO4/c1-13(2)12-22-19(14-8-10-15(26-3)11-9-14)18(21(24)25)16-6-4-5-7-17(16)20(22)23/h4-11,13,18-19H,12H2,1-3H3,(H,24,25)/t18-,19-/m0/s1. The first kappa shape index (κ1) is 18.0. The maximum Gasteiger partial charge on any atom is 0.313 e. The number of hydrogen-bond acceptors (Lipinski definition) is 3. The zero-order chi connectivity index (χ0) is 18.8. The third-order valence-electron chi connectivity index (χ3n) is 4.72. The summed E-state index contributed by atoms with van der Waals surface area (Å²) < 4.78 is 5.20. The highest BCUT2D eigenvalue weighted by molar-refractivity contribution is 6.00. The number of fused-ring (bicyclic) bond motifs is 1. The highest BCUT2D eigenvalue weighted by atomic mass is 16.5. The topological polar surface area (TPSA) is 66.8 Å². The van der Waals surface area contributed by atoms with E-state index in [-0.39, 0.29) is 11.8 Å². The van der Waals surface area contributed by atoms with Gasteiger partial charge in [0.2, 0.25) is 0 Å². The molecule has 3 rings (SSSR count). The Bertz CT molecular complexity index is 813. The number of carboxylic acid groups (broad SMARTS) is 1. The van der Waals surface area contributed by atoms with E-state index in [0.717, 1.165) is 5.56 Å². The summed E-state index contributed by atoms with van der Waals surface area (Å²) in [5, 5.41) is 9.99. The highest BCUT2D eigenvalue weighted by Gasteiger charge is 2.44. The van der Waals surface area contributed by atoms with Crippen LogP contribution >= 0.6 is 0 Å². The molecule has 0 saturated heterocycles. The number of ether oxygens (including phenoxy) is 1. The number of rotatable bonds is 5. The highest BCUT2D eigenvalue weighted by Crippen LogP contribution is 2.43. The first-order valence-corrected chi connectivity index (χ1v) is 8.70. The normalized spacial score (nSPS) is 19.4. The molecule has 0 radical (unpaired) electrons. The van der Waals surface area contributed by atoms with Crippen molar-refractivity contribution in [3.8, 4) is 5.75 Å². The molecule has 1 N–H and O–H groups in total. The van der Waals surface area contributed by atoms with Gasteiger partial charge in [-0.3, -0.25) is 9.59 Å². The Morgan fingerprint density at radius 3 is 2.38 bits per heavy atom. The van der Waals surface area contributed by atoms with E-state index in [0.29, 0.717) is 23.4 Å². The van der Waals surface area contributed by atoms with Gasteiger partial charge in [0.1, 0.15) is 11.7 Å². The lowest BCUT2D eigenvalue weighted by Gasteiger charge is -2.41. The average Bonchev–Trinajstić information content (AvgIpc) is 2.63. The number of aliphatic carboxylic acids is 1. The van der Waals surface area contributed by atoms with Gasteiger partial charge in [-0.15, -0.1) is 0 Å². The van der Waals surface area contributed by atoms with Crippen LogP contribution in [0.2, 0.25) is 0 Å². The lowest BCUT2D eigenvalue weighted by Crippen LogP contribution is -2.46. The Hall–Kier alpha value is -2.82. The van der Waals surface area contributed by atoms with Crippen molar-refractivity contribution in [2.45, 2.75) is 25.8 Å². The van der Waals surface area contributed by atoms with Gasteiger partial charge in [-0.1, -0.05) is 44.2 Å². The Kier molecular flexibility index (Phi) is 4.98. The number of carboxylic acids is 1. The van der Waals surface area contributed by atoms with E-state index in [2.05, 4.69) is 0 Å². The van der Waals surface area contributed by atoms with Crippen molar-refractivity contribution in [2.75, 3.05) is 13.7 Å². The predicted octanol–water partition coefficient (Wildman–Crippen LogP) is 3.72. The van der Waals surface area contributed by atoms with E-state index in [1.54, 1.807) is 48.4 Å². The van der Waals surface area contributed by atoms with Crippen molar-refractivity contribution in [3.05, 3.63) is 65.2 Å². The molecule has 1 amide bonds. The van der Waals surface area contributed by atoms with E-state index >= 15 is 0 Å². The van der Waals surface area contributed by atoms with E-state index in [4.69, 9.17) is 4.74 Å². The van der Waals surface area contributed by atoms with Crippen molar-refractivity contribution >= 4 is 11.9 Å². The molecular weight excluding hydrogens is 330 g/mol. The second kappa shape index (κ2) is 7.20. The molecule has 0 aromatic heterocycles. The lowest BCUT2D eigenvalue weighted by atomic mass is 9.79. The molecule has 1 aliphatic heterocycles. The number of nitrogens with zero attached hydrogens (tertiary/aromatic N) is 1. The molecule has 2 atom stereocenters. The second-order valence-corrected chi connectivity index (χ2v) is 6.97. The Morgan fingerprint density at radius 2 is 1.81 bits per heavy atom. The van der Waals surface area contributed by atoms with Crippen LogP contribution in [0.3, 0.4) is 0 Å². The number of benzene rings is 2. The summed E-state index contributed by atoms with van der Waals surface area (Å²) in [6.07, 6.45) is 0. The van der Waals surface area contributed by atoms with Crippen molar-refractivity contribution in [1.82, 2.24) is 4.90 Å². The van der Waals surface area contributed by atoms with Gasteiger partial charge in [-0.05, 0) is 35.2 Å². The van der Waals surface area contributed by atoms with Crippen LogP contribution in [0, 0.1) is 5.92 Å². The fourth-order valence-corrected chi connectivity index (χ4v) is 3.63. The lowest BCUT2D eigenvalue weighted by molar-refractivity contribution is -0.140. The zero-order valence-corrected chi connectivity index (χ0v) is 15.2. The van der Waals surface area contributed by atoms with Crippen LogP contribution < -0.4 is 4.74 Å². The van der Waals surface area contributed by atoms with E-state index < -0.39 is 17.9 Å². The van der Waals surface area contributed by atoms with Crippen LogP contribution in [0.5, 0.6) is 5.75 Å². The predicted molar refractivity (Wildman–Crippen MR) is 98.4 cm³/mol. The van der Waals surface area contributed by atoms with Crippen LogP contribution in [0.1, 0.15) is 47.3 Å². The summed E-state index contributed by atoms with van der Waals surface area (Å²) in [5.74, 6) is -0.943. The quantitative estimate of drug-likeness (QED) is 0.890. The third-order valence-corrected chi connectivity index (χ3v) is 4.72. The summed E-state index contributed by atoms with van der Waals surface area (Å²) in [6.45, 7) is 4.54. The van der Waals surface area contributed by atoms with Gasteiger partial charge in [-0.2, -0.15) is 0 Å². The van der Waals surface area contributed by atoms with Gasteiger partial charge in [0, 0.05) is 12.1 Å². The molecule has 5 nitrogen and oxygen atoms in total. The molecular formula is C21H23NO4. The molecule has 2 aromatic carbocycles. The van der Waals surface area contributed by atoms with Gasteiger partial charge in [0.05, 0.1) is 13.2 Å². The number of carbonyl (C=O) groups excluding carboxylic acids is 1. The summed E-state index contributed by atoms with van der Waals surface area (Å²) >= 11 is 0. The van der Waals surface area contributed by atoms with Gasteiger partial charge >= 0.3 is 5.97 Å². The average molecular weight is 353 g/mol. The fourth-order valence-electron chi connectivity index (χ4n) is 3.63. The summed E-state index contributed by atoms with van der Waals surface area (Å²) in [6, 6.07) is 13.7. The van der Waals surface area contributed by atoms with E-state index in [1.807, 2.05) is 26.0 Å². The van der Waals surface area contributed by atoms with Gasteiger partial charge in [0.15, 0.2) is 0 Å². The molecule has 0 bridgehead atoms. The number of amides is 1. The second-order valence-electron chi connectivity index (χ2n) is 6.97. The molecule has 136 valence electrons. The van der Waals surface area contributed by atoms with Crippen LogP contribution in [-0.2, 0) is 4.79 Å². The SMILES string of the molecule is COc1ccc([C@H]2[C@@H](C(=O)O)c3ccccc3C(=O)N2CC(C)C)cc1. The van der Waals surface area contributed by atoms with Crippen LogP contribution in [0.15, 0.2) is 48.5 Å². The minimum absolute atomic E-state index is 0.118. The van der Waals surface area contributed by atoms with Gasteiger partial charge in [0.25, 0.3) is 5.91 Å². The van der Waals surface area contributed by atoms with Gasteiger partial charge in [-0.25, -0.2) is 0 Å². The summed E-state index contributed by atoms with van der Waals surface area (Å²) in [7, 11) is 1.58. The van der Waals surface area contributed by atoms with Crippen molar-refractivity contribution < 1.29 is 19.4 Å². The monoisotopic (exact) mass is 353 g/mol. The fraction of sp³-hybridized carbons (Fsp3) is 0.333. The largest absolute Gasteiger partial charge is 0.497 e. The molecule has 0 fully saturated rings. The van der Waals surface area contributed by atoms with E-state index in [9.17, 15) is 14.7 Å². The third kappa shape index (κ3) is 3.17. The Morgan fingerprint density at radius 1 is 1.15 bits per heavy atom. The molecule has 1 aliphatic rings. The Labute approximate surface area is 153 Å². The minimum Gasteiger partial charge on any atom is -0.497 e. The molecule has 5 heteroatoms. The molecule has 0 unspecified atom stereocenters. The first-order valence-electron chi connectivity index (χ1n) is 8.70. The molecule has 0 spiro atoms. The van der Waals surface area contributed by atoms with Crippen LogP contribution in [0.4, 0.5) is 0 Å². The van der Waals surface area contributed by atoms with Crippen molar-refractivity contribution in [3.63, 3.8) is 0 Å². The molecule has 1 heterocycles. The van der Waals surface area contributed by atoms with E-state index in [1.165, 1.54) is 0 Å². The maximum atomic E-state index is 13.1. The van der Waals surface area contributed by atoms with Crippen molar-refractivity contribution in [1.29, 1.82) is 0 Å². The first-order chi connectivity index (χ1) is 12.4. The summed E-state index contributed by atoms with van der Waals surface area (Å²) in [4.78, 5) is 27.0. The minimum atomic E-state index is -0.931. The van der Waals surface area contributed by atoms with Crippen LogP contribution in [0.25, 0.3) is 0 Å². The number of carbonyl (C=O) groups is 2. The maximum absolute atomic E-state index is 13.1.